The van der Waals surface area contributed by atoms with Crippen LogP contribution in [-0.2, 0) is 22.0 Å². The Balaban J connectivity index is 1.44. The molecule has 53 heavy (non-hydrogen) atoms. The van der Waals surface area contributed by atoms with E-state index in [-0.39, 0.29) is 27.9 Å². The summed E-state index contributed by atoms with van der Waals surface area (Å²) in [5.41, 5.74) is 1.82. The van der Waals surface area contributed by atoms with Gasteiger partial charge in [0.2, 0.25) is 17.6 Å². The molecule has 270 valence electrons. The second-order valence-corrected chi connectivity index (χ2v) is 15.1. The highest BCUT2D eigenvalue weighted by atomic mass is 32.2. The van der Waals surface area contributed by atoms with Gasteiger partial charge in [0.1, 0.15) is 16.3 Å². The summed E-state index contributed by atoms with van der Waals surface area (Å²) in [6.07, 6.45) is 3.06. The van der Waals surface area contributed by atoms with Crippen molar-refractivity contribution in [3.63, 3.8) is 0 Å². The lowest BCUT2D eigenvalue weighted by molar-refractivity contribution is 0.0971. The minimum atomic E-state index is -3.96. The van der Waals surface area contributed by atoms with Gasteiger partial charge in [-0.05, 0) is 34.4 Å². The van der Waals surface area contributed by atoms with Gasteiger partial charge in [-0.25, -0.2) is 23.4 Å². The number of fused-ring (bicyclic) bond motifs is 1. The lowest BCUT2D eigenvalue weighted by Gasteiger charge is -2.33. The zero-order valence-corrected chi connectivity index (χ0v) is 30.5. The van der Waals surface area contributed by atoms with Crippen LogP contribution < -0.4 is 24.2 Å². The Morgan fingerprint density at radius 1 is 0.868 bits per heavy atom. The van der Waals surface area contributed by atoms with E-state index in [0.717, 1.165) is 16.7 Å². The summed E-state index contributed by atoms with van der Waals surface area (Å²) in [7, 11) is -0.963. The second kappa shape index (κ2) is 14.4. The number of hydrogen-bond acceptors (Lipinski definition) is 9. The third kappa shape index (κ3) is 7.03. The number of hydrogen-bond donors (Lipinski definition) is 2. The zero-order valence-electron chi connectivity index (χ0n) is 29.7. The Kier molecular flexibility index (Phi) is 9.58. The molecule has 3 aromatic heterocycles. The zero-order chi connectivity index (χ0) is 37.1. The highest BCUT2D eigenvalue weighted by molar-refractivity contribution is 7.92. The topological polar surface area (TPSA) is 142 Å². The first kappa shape index (κ1) is 35.2. The molecule has 0 fully saturated rings. The summed E-state index contributed by atoms with van der Waals surface area (Å²) >= 11 is 0. The number of carbonyl (C=O) groups excluding carboxylic acids is 1. The number of benzene rings is 3. The molecule has 2 amide bonds. The molecule has 0 aliphatic carbocycles. The number of ether oxygens (including phenoxy) is 3. The molecule has 12 nitrogen and oxygen atoms in total. The first-order chi connectivity index (χ1) is 25.6. The van der Waals surface area contributed by atoms with E-state index >= 15 is 4.21 Å². The number of anilines is 1. The molecule has 0 saturated carbocycles. The van der Waals surface area contributed by atoms with E-state index < -0.39 is 21.5 Å². The quantitative estimate of drug-likeness (QED) is 0.140. The van der Waals surface area contributed by atoms with Gasteiger partial charge >= 0.3 is 6.03 Å². The molecular weight excluding hydrogens is 691 g/mol. The molecule has 13 heteroatoms. The number of nitrogens with zero attached hydrogens (tertiary/aromatic N) is 5. The molecule has 4 heterocycles. The summed E-state index contributed by atoms with van der Waals surface area (Å²) < 4.78 is 42.8. The number of carbonyl (C=O) groups is 1. The minimum Gasteiger partial charge on any atom is -0.481 e. The van der Waals surface area contributed by atoms with Crippen molar-refractivity contribution >= 4 is 21.8 Å². The van der Waals surface area contributed by atoms with Gasteiger partial charge in [-0.1, -0.05) is 105 Å². The van der Waals surface area contributed by atoms with Gasteiger partial charge in [-0.2, -0.15) is 14.4 Å². The van der Waals surface area contributed by atoms with E-state index in [9.17, 15) is 4.79 Å². The number of rotatable bonds is 10. The van der Waals surface area contributed by atoms with Crippen LogP contribution in [0, 0.1) is 5.41 Å². The van der Waals surface area contributed by atoms with Crippen LogP contribution in [0.3, 0.4) is 0 Å². The van der Waals surface area contributed by atoms with Crippen molar-refractivity contribution in [2.45, 2.75) is 30.8 Å². The Bertz CT molecular complexity index is 2260. The second-order valence-electron chi connectivity index (χ2n) is 13.2. The lowest BCUT2D eigenvalue weighted by Crippen LogP contribution is -2.39. The molecule has 6 aromatic rings. The van der Waals surface area contributed by atoms with Crippen molar-refractivity contribution in [3.8, 4) is 28.8 Å². The number of amides is 2. The van der Waals surface area contributed by atoms with Crippen molar-refractivity contribution in [1.82, 2.24) is 24.5 Å². The van der Waals surface area contributed by atoms with Crippen LogP contribution in [0.4, 0.5) is 10.6 Å². The fourth-order valence-corrected chi connectivity index (χ4v) is 8.22. The van der Waals surface area contributed by atoms with E-state index in [4.69, 9.17) is 18.6 Å². The Morgan fingerprint density at radius 2 is 1.47 bits per heavy atom. The van der Waals surface area contributed by atoms with Crippen molar-refractivity contribution in [1.29, 1.82) is 0 Å². The van der Waals surface area contributed by atoms with Crippen LogP contribution in [-0.4, -0.2) is 50.8 Å². The van der Waals surface area contributed by atoms with Crippen LogP contribution in [0.1, 0.15) is 30.5 Å². The van der Waals surface area contributed by atoms with Gasteiger partial charge in [0.15, 0.2) is 9.92 Å². The molecule has 0 spiro atoms. The van der Waals surface area contributed by atoms with E-state index in [1.807, 2.05) is 91.0 Å². The fraction of sp³-hybridized carbons (Fsp3) is 0.200. The van der Waals surface area contributed by atoms with E-state index in [2.05, 4.69) is 39.0 Å². The van der Waals surface area contributed by atoms with Crippen LogP contribution in [0.5, 0.6) is 17.6 Å². The Labute approximate surface area is 308 Å². The number of methoxy groups -OCH3 is 2. The van der Waals surface area contributed by atoms with Gasteiger partial charge in [0, 0.05) is 29.3 Å². The molecule has 0 bridgehead atoms. The molecule has 1 unspecified atom stereocenters. The molecule has 0 radical (unpaired) electrons. The van der Waals surface area contributed by atoms with Crippen LogP contribution in [0.15, 0.2) is 137 Å². The van der Waals surface area contributed by atoms with Crippen LogP contribution >= 0.6 is 0 Å². The number of pyridine rings is 2. The predicted octanol–water partition coefficient (Wildman–Crippen LogP) is 7.33. The largest absolute Gasteiger partial charge is 0.481 e. The highest BCUT2D eigenvalue weighted by Gasteiger charge is 2.41. The van der Waals surface area contributed by atoms with Crippen molar-refractivity contribution in [2.75, 3.05) is 26.1 Å². The van der Waals surface area contributed by atoms with Gasteiger partial charge in [0.05, 0.1) is 33.6 Å². The first-order valence-electron chi connectivity index (χ1n) is 16.9. The SMILES string of the molecule is COc1cc(-c2ccc(OC)nc2NC(=O)NS(=O)(=NC(c2ccccc2)(c2ccccc2)c2ccccc2)c2cnn3c2OCC(C)(C)C3)ccn1. The van der Waals surface area contributed by atoms with Crippen LogP contribution in [0.2, 0.25) is 0 Å². The summed E-state index contributed by atoms with van der Waals surface area (Å²) in [4.78, 5) is 23.2. The molecule has 1 aliphatic heterocycles. The van der Waals surface area contributed by atoms with Crippen molar-refractivity contribution in [2.24, 2.45) is 9.78 Å². The van der Waals surface area contributed by atoms with Gasteiger partial charge in [-0.15, -0.1) is 0 Å². The van der Waals surface area contributed by atoms with Crippen molar-refractivity contribution < 1.29 is 23.2 Å². The van der Waals surface area contributed by atoms with E-state index in [1.165, 1.54) is 20.4 Å². The van der Waals surface area contributed by atoms with Gasteiger partial charge in [0.25, 0.3) is 0 Å². The Hall–Kier alpha value is -6.21. The summed E-state index contributed by atoms with van der Waals surface area (Å²) in [6, 6.07) is 34.9. The van der Waals surface area contributed by atoms with E-state index in [1.54, 1.807) is 35.1 Å². The minimum absolute atomic E-state index is 0.132. The molecule has 0 saturated heterocycles. The number of nitrogens with one attached hydrogen (secondary N) is 2. The molecule has 1 aliphatic rings. The maximum Gasteiger partial charge on any atom is 0.333 e. The number of aromatic nitrogens is 4. The van der Waals surface area contributed by atoms with Gasteiger partial charge < -0.3 is 14.2 Å². The molecule has 3 aromatic carbocycles. The maximum atomic E-state index is 16.0. The fourth-order valence-electron chi connectivity index (χ4n) is 6.37. The normalized spacial score (nSPS) is 14.5. The summed E-state index contributed by atoms with van der Waals surface area (Å²) in [5, 5.41) is 7.41. The molecular formula is C40H39N7O5S. The Morgan fingerprint density at radius 3 is 2.06 bits per heavy atom. The van der Waals surface area contributed by atoms with Gasteiger partial charge in [-0.3, -0.25) is 5.32 Å². The predicted molar refractivity (Wildman–Crippen MR) is 202 cm³/mol. The van der Waals surface area contributed by atoms with Crippen LogP contribution in [0.25, 0.3) is 11.1 Å². The summed E-state index contributed by atoms with van der Waals surface area (Å²) in [6.45, 7) is 4.98. The molecule has 7 rings (SSSR count). The molecule has 1 atom stereocenters. The van der Waals surface area contributed by atoms with Crippen molar-refractivity contribution in [3.05, 3.63) is 144 Å². The lowest BCUT2D eigenvalue weighted by atomic mass is 9.78. The smallest absolute Gasteiger partial charge is 0.333 e. The van der Waals surface area contributed by atoms with E-state index in [0.29, 0.717) is 30.2 Å². The average molecular weight is 730 g/mol. The average Bonchev–Trinajstić information content (AvgIpc) is 3.61. The number of urea groups is 1. The standard InChI is InChI=1S/C40H39N7O5S/c1-39(2)26-47-37(52-27-39)33(25-42-47)53(49,45-38(48)44-36-32(20-21-34(43-36)50-3)28-22-23-41-35(24-28)51-4)46-40(29-14-8-5-9-15-29,30-16-10-6-11-17-30)31-18-12-7-13-19-31/h5-25H,26-27H2,1-4H3,(H2,43,44,45,46,48,49). The summed E-state index contributed by atoms with van der Waals surface area (Å²) in [5.74, 6) is 1.05. The molecule has 2 N–H and O–H groups in total. The third-order valence-electron chi connectivity index (χ3n) is 8.87. The highest BCUT2D eigenvalue weighted by Crippen LogP contribution is 2.44. The maximum absolute atomic E-state index is 16.0. The first-order valence-corrected chi connectivity index (χ1v) is 18.4. The third-order valence-corrected chi connectivity index (χ3v) is 10.7. The monoisotopic (exact) mass is 729 g/mol.